The molecule has 0 aromatic rings. The molecule has 0 aromatic heterocycles. The minimum Gasteiger partial charge on any atom is -0.390 e. The van der Waals surface area contributed by atoms with Crippen molar-refractivity contribution in [2.75, 3.05) is 45.8 Å². The molecule has 2 amide bonds. The molecule has 26 heavy (non-hydrogen) atoms. The van der Waals surface area contributed by atoms with Crippen molar-refractivity contribution in [2.24, 2.45) is 5.92 Å². The smallest absolute Gasteiger partial charge is 0.222 e. The van der Waals surface area contributed by atoms with Crippen LogP contribution in [-0.4, -0.2) is 83.5 Å². The first kappa shape index (κ1) is 19.6. The molecule has 0 bridgehead atoms. The van der Waals surface area contributed by atoms with Crippen molar-refractivity contribution in [1.29, 1.82) is 0 Å². The fourth-order valence-corrected chi connectivity index (χ4v) is 4.65. The highest BCUT2D eigenvalue weighted by Crippen LogP contribution is 2.27. The summed E-state index contributed by atoms with van der Waals surface area (Å²) >= 11 is 0. The maximum atomic E-state index is 12.4. The molecular formula is C20H35N3O3. The van der Waals surface area contributed by atoms with Gasteiger partial charge in [-0.1, -0.05) is 32.1 Å². The van der Waals surface area contributed by atoms with E-state index in [2.05, 4.69) is 4.90 Å². The second-order valence-electron chi connectivity index (χ2n) is 8.32. The van der Waals surface area contributed by atoms with Gasteiger partial charge in [-0.05, 0) is 18.8 Å². The number of rotatable bonds is 7. The summed E-state index contributed by atoms with van der Waals surface area (Å²) in [5, 5.41) is 10.3. The monoisotopic (exact) mass is 365 g/mol. The molecule has 3 aliphatic rings. The zero-order valence-electron chi connectivity index (χ0n) is 16.1. The molecule has 6 nitrogen and oxygen atoms in total. The average molecular weight is 366 g/mol. The van der Waals surface area contributed by atoms with E-state index in [-0.39, 0.29) is 5.91 Å². The van der Waals surface area contributed by atoms with Crippen molar-refractivity contribution in [2.45, 2.75) is 63.9 Å². The Kier molecular flexibility index (Phi) is 7.32. The molecule has 0 radical (unpaired) electrons. The first-order chi connectivity index (χ1) is 12.6. The Labute approximate surface area is 157 Å². The van der Waals surface area contributed by atoms with Crippen LogP contribution < -0.4 is 0 Å². The van der Waals surface area contributed by atoms with Crippen LogP contribution >= 0.6 is 0 Å². The summed E-state index contributed by atoms with van der Waals surface area (Å²) in [6.45, 7) is 4.98. The van der Waals surface area contributed by atoms with E-state index in [1.807, 2.05) is 4.90 Å². The third-order valence-corrected chi connectivity index (χ3v) is 6.29. The number of nitrogens with zero attached hydrogens (tertiary/aromatic N) is 3. The maximum absolute atomic E-state index is 12.4. The third-order valence-electron chi connectivity index (χ3n) is 6.29. The molecule has 1 aliphatic carbocycles. The van der Waals surface area contributed by atoms with Crippen LogP contribution in [-0.2, 0) is 9.59 Å². The molecular weight excluding hydrogens is 330 g/mol. The van der Waals surface area contributed by atoms with Crippen LogP contribution in [0.4, 0.5) is 0 Å². The first-order valence-electron chi connectivity index (χ1n) is 10.6. The highest BCUT2D eigenvalue weighted by atomic mass is 16.3. The van der Waals surface area contributed by atoms with Crippen LogP contribution in [0.15, 0.2) is 0 Å². The van der Waals surface area contributed by atoms with Gasteiger partial charge in [0.05, 0.1) is 6.10 Å². The Morgan fingerprint density at radius 1 is 1.00 bits per heavy atom. The van der Waals surface area contributed by atoms with Gasteiger partial charge in [0.15, 0.2) is 0 Å². The Morgan fingerprint density at radius 2 is 1.73 bits per heavy atom. The van der Waals surface area contributed by atoms with Crippen LogP contribution in [0, 0.1) is 5.92 Å². The number of carbonyl (C=O) groups excluding carboxylic acids is 2. The topological polar surface area (TPSA) is 64.1 Å². The third kappa shape index (κ3) is 5.68. The molecule has 1 N–H and O–H groups in total. The van der Waals surface area contributed by atoms with Crippen LogP contribution in [0.1, 0.15) is 57.8 Å². The molecule has 1 unspecified atom stereocenters. The van der Waals surface area contributed by atoms with Gasteiger partial charge in [0, 0.05) is 58.7 Å². The number of piperazine rings is 1. The van der Waals surface area contributed by atoms with Crippen molar-refractivity contribution in [3.05, 3.63) is 0 Å². The number of aliphatic hydroxyl groups excluding tert-OH is 1. The number of amides is 2. The Bertz CT molecular complexity index is 471. The molecule has 3 rings (SSSR count). The molecule has 3 fully saturated rings. The number of hydrogen-bond acceptors (Lipinski definition) is 4. The second-order valence-corrected chi connectivity index (χ2v) is 8.32. The zero-order chi connectivity index (χ0) is 18.4. The van der Waals surface area contributed by atoms with E-state index in [0.717, 1.165) is 51.5 Å². The van der Waals surface area contributed by atoms with Gasteiger partial charge in [0.1, 0.15) is 0 Å². The van der Waals surface area contributed by atoms with E-state index in [1.54, 1.807) is 4.90 Å². The molecule has 0 spiro atoms. The molecule has 2 aliphatic heterocycles. The van der Waals surface area contributed by atoms with Crippen molar-refractivity contribution in [3.8, 4) is 0 Å². The minimum atomic E-state index is -0.495. The van der Waals surface area contributed by atoms with E-state index in [9.17, 15) is 14.7 Å². The standard InChI is InChI=1S/C20H35N3O3/c24-18(16-23-10-4-7-19(23)25)15-21-11-13-22(14-12-21)20(26)9-8-17-5-2-1-3-6-17/h17-18,24H,1-16H2. The molecule has 148 valence electrons. The predicted molar refractivity (Wildman–Crippen MR) is 101 cm³/mol. The summed E-state index contributed by atoms with van der Waals surface area (Å²) < 4.78 is 0. The number of β-amino-alcohol motifs (C(OH)–C–C–N with tert-alkyl or cyclic N) is 1. The number of aliphatic hydroxyl groups is 1. The van der Waals surface area contributed by atoms with Crippen molar-refractivity contribution in [1.82, 2.24) is 14.7 Å². The van der Waals surface area contributed by atoms with Crippen LogP contribution in [0.3, 0.4) is 0 Å². The number of carbonyl (C=O) groups is 2. The summed E-state index contributed by atoms with van der Waals surface area (Å²) in [4.78, 5) is 30.1. The fourth-order valence-electron chi connectivity index (χ4n) is 4.65. The van der Waals surface area contributed by atoms with Crippen LogP contribution in [0.5, 0.6) is 0 Å². The van der Waals surface area contributed by atoms with E-state index in [1.165, 1.54) is 32.1 Å². The Hall–Kier alpha value is -1.14. The number of hydrogen-bond donors (Lipinski definition) is 1. The van der Waals surface area contributed by atoms with Crippen molar-refractivity contribution < 1.29 is 14.7 Å². The van der Waals surface area contributed by atoms with Gasteiger partial charge < -0.3 is 14.9 Å². The lowest BCUT2D eigenvalue weighted by Crippen LogP contribution is -2.51. The minimum absolute atomic E-state index is 0.164. The quantitative estimate of drug-likeness (QED) is 0.742. The second kappa shape index (κ2) is 9.70. The molecule has 1 atom stereocenters. The van der Waals surface area contributed by atoms with Gasteiger partial charge >= 0.3 is 0 Å². The average Bonchev–Trinajstić information content (AvgIpc) is 3.05. The van der Waals surface area contributed by atoms with Crippen molar-refractivity contribution >= 4 is 11.8 Å². The molecule has 6 heteroatoms. The Balaban J connectivity index is 1.31. The highest BCUT2D eigenvalue weighted by Gasteiger charge is 2.26. The molecule has 2 heterocycles. The van der Waals surface area contributed by atoms with Crippen molar-refractivity contribution in [3.63, 3.8) is 0 Å². The fraction of sp³-hybridized carbons (Fsp3) is 0.900. The van der Waals surface area contributed by atoms with E-state index in [0.29, 0.717) is 31.8 Å². The lowest BCUT2D eigenvalue weighted by molar-refractivity contribution is -0.134. The summed E-state index contributed by atoms with van der Waals surface area (Å²) in [5.41, 5.74) is 0. The van der Waals surface area contributed by atoms with Gasteiger partial charge in [0.2, 0.25) is 11.8 Å². The maximum Gasteiger partial charge on any atom is 0.222 e. The van der Waals surface area contributed by atoms with Gasteiger partial charge in [-0.2, -0.15) is 0 Å². The van der Waals surface area contributed by atoms with E-state index < -0.39 is 6.10 Å². The molecule has 2 saturated heterocycles. The first-order valence-corrected chi connectivity index (χ1v) is 10.6. The highest BCUT2D eigenvalue weighted by molar-refractivity contribution is 5.78. The van der Waals surface area contributed by atoms with Gasteiger partial charge in [-0.3, -0.25) is 14.5 Å². The SMILES string of the molecule is O=C(CCC1CCCCC1)N1CCN(CC(O)CN2CCCC2=O)CC1. The lowest BCUT2D eigenvalue weighted by Gasteiger charge is -2.36. The van der Waals surface area contributed by atoms with Gasteiger partial charge in [0.25, 0.3) is 0 Å². The van der Waals surface area contributed by atoms with Crippen LogP contribution in [0.25, 0.3) is 0 Å². The van der Waals surface area contributed by atoms with E-state index in [4.69, 9.17) is 0 Å². The van der Waals surface area contributed by atoms with E-state index >= 15 is 0 Å². The number of likely N-dealkylation sites (tertiary alicyclic amines) is 1. The summed E-state index contributed by atoms with van der Waals surface area (Å²) in [5.74, 6) is 1.23. The summed E-state index contributed by atoms with van der Waals surface area (Å²) in [6, 6.07) is 0. The van der Waals surface area contributed by atoms with Gasteiger partial charge in [-0.15, -0.1) is 0 Å². The van der Waals surface area contributed by atoms with Gasteiger partial charge in [-0.25, -0.2) is 0 Å². The molecule has 1 saturated carbocycles. The lowest BCUT2D eigenvalue weighted by atomic mass is 9.86. The zero-order valence-corrected chi connectivity index (χ0v) is 16.1. The van der Waals surface area contributed by atoms with Crippen LogP contribution in [0.2, 0.25) is 0 Å². The summed E-state index contributed by atoms with van der Waals surface area (Å²) in [6.07, 6.45) is 9.44. The predicted octanol–water partition coefficient (Wildman–Crippen LogP) is 1.47. The molecule has 0 aromatic carbocycles. The Morgan fingerprint density at radius 3 is 2.38 bits per heavy atom. The largest absolute Gasteiger partial charge is 0.390 e. The summed E-state index contributed by atoms with van der Waals surface area (Å²) in [7, 11) is 0. The normalized spacial score (nSPS) is 24.3.